The lowest BCUT2D eigenvalue weighted by Crippen LogP contribution is -2.30. The van der Waals surface area contributed by atoms with Gasteiger partial charge in [0.25, 0.3) is 0 Å². The van der Waals surface area contributed by atoms with Gasteiger partial charge in [0.2, 0.25) is 0 Å². The van der Waals surface area contributed by atoms with Gasteiger partial charge in [-0.25, -0.2) is 4.98 Å². The molecular formula is C13H16N4. The summed E-state index contributed by atoms with van der Waals surface area (Å²) < 4.78 is 2.23. The Morgan fingerprint density at radius 3 is 3.24 bits per heavy atom. The number of nitrogens with zero attached hydrogens (tertiary/aromatic N) is 3. The monoisotopic (exact) mass is 228 g/mol. The maximum absolute atomic E-state index is 6.02. The van der Waals surface area contributed by atoms with Crippen LogP contribution in [-0.2, 0) is 19.4 Å². The normalized spacial score (nSPS) is 19.0. The van der Waals surface area contributed by atoms with Crippen LogP contribution in [0, 0.1) is 0 Å². The first-order valence-electron chi connectivity index (χ1n) is 6.00. The first-order valence-corrected chi connectivity index (χ1v) is 6.00. The fourth-order valence-electron chi connectivity index (χ4n) is 2.38. The third-order valence-corrected chi connectivity index (χ3v) is 3.32. The molecule has 3 rings (SSSR count). The summed E-state index contributed by atoms with van der Waals surface area (Å²) in [5, 5.41) is 0. The maximum Gasteiger partial charge on any atom is 0.0951 e. The van der Waals surface area contributed by atoms with Gasteiger partial charge in [-0.15, -0.1) is 0 Å². The molecule has 0 aliphatic carbocycles. The molecule has 88 valence electrons. The highest BCUT2D eigenvalue weighted by molar-refractivity contribution is 5.24. The smallest absolute Gasteiger partial charge is 0.0951 e. The van der Waals surface area contributed by atoms with E-state index in [2.05, 4.69) is 20.6 Å². The Kier molecular flexibility index (Phi) is 2.65. The van der Waals surface area contributed by atoms with E-state index in [0.29, 0.717) is 0 Å². The van der Waals surface area contributed by atoms with Gasteiger partial charge in [-0.2, -0.15) is 0 Å². The van der Waals surface area contributed by atoms with Gasteiger partial charge in [0, 0.05) is 43.5 Å². The average molecular weight is 228 g/mol. The van der Waals surface area contributed by atoms with Gasteiger partial charge in [0.05, 0.1) is 12.0 Å². The molecule has 0 saturated heterocycles. The number of fused-ring (bicyclic) bond motifs is 1. The number of pyridine rings is 1. The Balaban J connectivity index is 1.87. The van der Waals surface area contributed by atoms with Crippen LogP contribution in [0.4, 0.5) is 0 Å². The molecule has 1 atom stereocenters. The Morgan fingerprint density at radius 2 is 2.41 bits per heavy atom. The minimum Gasteiger partial charge on any atom is -0.334 e. The molecule has 2 N–H and O–H groups in total. The first kappa shape index (κ1) is 10.5. The zero-order valence-electron chi connectivity index (χ0n) is 9.71. The molecule has 0 fully saturated rings. The average Bonchev–Trinajstić information content (AvgIpc) is 2.73. The van der Waals surface area contributed by atoms with Crippen molar-refractivity contribution < 1.29 is 0 Å². The number of aryl methyl sites for hydroxylation is 1. The van der Waals surface area contributed by atoms with Crippen LogP contribution < -0.4 is 5.73 Å². The van der Waals surface area contributed by atoms with Crippen molar-refractivity contribution >= 4 is 0 Å². The summed E-state index contributed by atoms with van der Waals surface area (Å²) in [5.74, 6) is 0. The highest BCUT2D eigenvalue weighted by atomic mass is 15.1. The van der Waals surface area contributed by atoms with Gasteiger partial charge in [-0.3, -0.25) is 4.98 Å². The van der Waals surface area contributed by atoms with Crippen LogP contribution in [0.1, 0.15) is 23.4 Å². The number of nitrogens with two attached hydrogens (primary N) is 1. The zero-order chi connectivity index (χ0) is 11.7. The van der Waals surface area contributed by atoms with Crippen molar-refractivity contribution in [3.8, 4) is 0 Å². The summed E-state index contributed by atoms with van der Waals surface area (Å²) in [5.41, 5.74) is 9.66. The number of hydrogen-bond acceptors (Lipinski definition) is 3. The fourth-order valence-corrected chi connectivity index (χ4v) is 2.38. The molecule has 0 bridgehead atoms. The van der Waals surface area contributed by atoms with Crippen molar-refractivity contribution in [3.05, 3.63) is 47.8 Å². The lowest BCUT2D eigenvalue weighted by Gasteiger charge is -2.21. The Morgan fingerprint density at radius 1 is 1.47 bits per heavy atom. The van der Waals surface area contributed by atoms with E-state index < -0.39 is 0 Å². The van der Waals surface area contributed by atoms with Gasteiger partial charge >= 0.3 is 0 Å². The van der Waals surface area contributed by atoms with Crippen LogP contribution >= 0.6 is 0 Å². The summed E-state index contributed by atoms with van der Waals surface area (Å²) in [6.45, 7) is 0.997. The molecule has 1 unspecified atom stereocenters. The molecule has 3 heterocycles. The zero-order valence-corrected chi connectivity index (χ0v) is 9.71. The lowest BCUT2D eigenvalue weighted by atomic mass is 10.0. The van der Waals surface area contributed by atoms with Crippen molar-refractivity contribution in [1.82, 2.24) is 14.5 Å². The van der Waals surface area contributed by atoms with Crippen molar-refractivity contribution in [2.24, 2.45) is 5.73 Å². The van der Waals surface area contributed by atoms with Crippen LogP contribution in [0.25, 0.3) is 0 Å². The van der Waals surface area contributed by atoms with Crippen LogP contribution in [-0.4, -0.2) is 20.6 Å². The summed E-state index contributed by atoms with van der Waals surface area (Å²) in [7, 11) is 0. The van der Waals surface area contributed by atoms with E-state index in [1.165, 1.54) is 11.3 Å². The molecule has 4 nitrogen and oxygen atoms in total. The van der Waals surface area contributed by atoms with E-state index in [1.807, 2.05) is 18.6 Å². The number of imidazole rings is 1. The van der Waals surface area contributed by atoms with E-state index in [4.69, 9.17) is 5.73 Å². The maximum atomic E-state index is 6.02. The molecule has 2 aromatic heterocycles. The predicted molar refractivity (Wildman–Crippen MR) is 65.6 cm³/mol. The van der Waals surface area contributed by atoms with Crippen molar-refractivity contribution in [1.29, 1.82) is 0 Å². The van der Waals surface area contributed by atoms with Crippen molar-refractivity contribution in [2.75, 3.05) is 0 Å². The summed E-state index contributed by atoms with van der Waals surface area (Å²) in [4.78, 5) is 8.64. The van der Waals surface area contributed by atoms with Crippen LogP contribution in [0.3, 0.4) is 0 Å². The van der Waals surface area contributed by atoms with Gasteiger partial charge in [-0.05, 0) is 18.1 Å². The molecule has 1 aliphatic heterocycles. The fraction of sp³-hybridized carbons (Fsp3) is 0.385. The Bertz CT molecular complexity index is 503. The SMILES string of the molecule is NC1CCn2cnc(Cc3cccnc3)c2C1. The van der Waals surface area contributed by atoms with Crippen LogP contribution in [0.15, 0.2) is 30.9 Å². The van der Waals surface area contributed by atoms with E-state index in [0.717, 1.165) is 31.5 Å². The molecular weight excluding hydrogens is 212 g/mol. The van der Waals surface area contributed by atoms with E-state index >= 15 is 0 Å². The molecule has 0 saturated carbocycles. The molecule has 1 aliphatic rings. The number of rotatable bonds is 2. The van der Waals surface area contributed by atoms with Gasteiger partial charge in [0.15, 0.2) is 0 Å². The second-order valence-electron chi connectivity index (χ2n) is 4.62. The third kappa shape index (κ3) is 2.08. The molecule has 0 spiro atoms. The Labute approximate surface area is 101 Å². The van der Waals surface area contributed by atoms with E-state index in [1.54, 1.807) is 6.20 Å². The molecule has 0 radical (unpaired) electrons. The quantitative estimate of drug-likeness (QED) is 0.838. The predicted octanol–water partition coefficient (Wildman–Crippen LogP) is 1.14. The van der Waals surface area contributed by atoms with Crippen LogP contribution in [0.2, 0.25) is 0 Å². The largest absolute Gasteiger partial charge is 0.334 e. The highest BCUT2D eigenvalue weighted by Crippen LogP contribution is 2.19. The van der Waals surface area contributed by atoms with Crippen molar-refractivity contribution in [3.63, 3.8) is 0 Å². The van der Waals surface area contributed by atoms with Gasteiger partial charge in [0.1, 0.15) is 0 Å². The minimum absolute atomic E-state index is 0.284. The topological polar surface area (TPSA) is 56.7 Å². The highest BCUT2D eigenvalue weighted by Gasteiger charge is 2.19. The van der Waals surface area contributed by atoms with Gasteiger partial charge < -0.3 is 10.3 Å². The first-order chi connectivity index (χ1) is 8.33. The van der Waals surface area contributed by atoms with E-state index in [9.17, 15) is 0 Å². The van der Waals surface area contributed by atoms with Gasteiger partial charge in [-0.1, -0.05) is 6.07 Å². The standard InChI is InChI=1S/C13H16N4/c14-11-3-5-17-9-16-12(13(17)7-11)6-10-2-1-4-15-8-10/h1-2,4,8-9,11H,3,5-7,14H2. The van der Waals surface area contributed by atoms with Crippen LogP contribution in [0.5, 0.6) is 0 Å². The molecule has 4 heteroatoms. The second-order valence-corrected chi connectivity index (χ2v) is 4.62. The minimum atomic E-state index is 0.284. The molecule has 0 amide bonds. The summed E-state index contributed by atoms with van der Waals surface area (Å²) in [6, 6.07) is 4.33. The molecule has 17 heavy (non-hydrogen) atoms. The third-order valence-electron chi connectivity index (χ3n) is 3.32. The summed E-state index contributed by atoms with van der Waals surface area (Å²) in [6.07, 6.45) is 8.47. The van der Waals surface area contributed by atoms with Crippen molar-refractivity contribution in [2.45, 2.75) is 31.8 Å². The number of hydrogen-bond donors (Lipinski definition) is 1. The summed E-state index contributed by atoms with van der Waals surface area (Å²) >= 11 is 0. The molecule has 0 aromatic carbocycles. The second kappa shape index (κ2) is 4.30. The Hall–Kier alpha value is -1.68. The molecule has 2 aromatic rings. The van der Waals surface area contributed by atoms with E-state index in [-0.39, 0.29) is 6.04 Å². The number of aromatic nitrogens is 3. The lowest BCUT2D eigenvalue weighted by molar-refractivity contribution is 0.469.